The van der Waals surface area contributed by atoms with Gasteiger partial charge in [0.05, 0.1) is 5.56 Å². The summed E-state index contributed by atoms with van der Waals surface area (Å²) in [5, 5.41) is 8.89. The molecule has 0 unspecified atom stereocenters. The summed E-state index contributed by atoms with van der Waals surface area (Å²) in [6.45, 7) is 9.82. The standard InChI is InChI=1S/C16H24N2O2/c1-3-18(4-2)15-9-10-17(12-15)11-13-5-7-14(8-6-13)16(19)20/h5-8,15H,3-4,9-12H2,1-2H3,(H,19,20)/t15-/m0/s1. The van der Waals surface area contributed by atoms with Gasteiger partial charge in [-0.05, 0) is 37.2 Å². The van der Waals surface area contributed by atoms with E-state index >= 15 is 0 Å². The zero-order chi connectivity index (χ0) is 14.5. The summed E-state index contributed by atoms with van der Waals surface area (Å²) >= 11 is 0. The van der Waals surface area contributed by atoms with Crippen LogP contribution in [-0.2, 0) is 6.54 Å². The molecule has 20 heavy (non-hydrogen) atoms. The predicted molar refractivity (Wildman–Crippen MR) is 80.0 cm³/mol. The summed E-state index contributed by atoms with van der Waals surface area (Å²) in [5.41, 5.74) is 1.55. The molecule has 1 fully saturated rings. The second kappa shape index (κ2) is 6.86. The van der Waals surface area contributed by atoms with Crippen molar-refractivity contribution in [1.29, 1.82) is 0 Å². The maximum atomic E-state index is 10.8. The average molecular weight is 276 g/mol. The molecule has 0 aromatic heterocycles. The number of aromatic carboxylic acids is 1. The molecule has 0 spiro atoms. The topological polar surface area (TPSA) is 43.8 Å². The molecule has 0 aliphatic carbocycles. The highest BCUT2D eigenvalue weighted by Gasteiger charge is 2.25. The Morgan fingerprint density at radius 1 is 1.30 bits per heavy atom. The van der Waals surface area contributed by atoms with Gasteiger partial charge in [0, 0.05) is 25.7 Å². The van der Waals surface area contributed by atoms with Gasteiger partial charge < -0.3 is 5.11 Å². The maximum Gasteiger partial charge on any atom is 0.335 e. The van der Waals surface area contributed by atoms with Crippen molar-refractivity contribution in [1.82, 2.24) is 9.80 Å². The van der Waals surface area contributed by atoms with E-state index in [0.29, 0.717) is 11.6 Å². The lowest BCUT2D eigenvalue weighted by Gasteiger charge is -2.26. The fraction of sp³-hybridized carbons (Fsp3) is 0.562. The Kier molecular flexibility index (Phi) is 5.15. The van der Waals surface area contributed by atoms with Crippen LogP contribution in [0.1, 0.15) is 36.2 Å². The number of likely N-dealkylation sites (N-methyl/N-ethyl adjacent to an activating group) is 1. The summed E-state index contributed by atoms with van der Waals surface area (Å²) in [6.07, 6.45) is 1.23. The normalized spacial score (nSPS) is 19.6. The molecular weight excluding hydrogens is 252 g/mol. The highest BCUT2D eigenvalue weighted by atomic mass is 16.4. The molecule has 1 heterocycles. The highest BCUT2D eigenvalue weighted by Crippen LogP contribution is 2.18. The Hall–Kier alpha value is -1.39. The van der Waals surface area contributed by atoms with Crippen molar-refractivity contribution in [3.63, 3.8) is 0 Å². The Bertz CT molecular complexity index is 440. The van der Waals surface area contributed by atoms with E-state index in [1.54, 1.807) is 12.1 Å². The van der Waals surface area contributed by atoms with Crippen LogP contribution in [0, 0.1) is 0 Å². The molecule has 1 aliphatic rings. The van der Waals surface area contributed by atoms with E-state index < -0.39 is 5.97 Å². The van der Waals surface area contributed by atoms with Crippen LogP contribution in [0.15, 0.2) is 24.3 Å². The first-order valence-corrected chi connectivity index (χ1v) is 7.42. The van der Waals surface area contributed by atoms with Crippen LogP contribution in [0.25, 0.3) is 0 Å². The molecule has 0 bridgehead atoms. The first-order chi connectivity index (χ1) is 9.63. The molecule has 4 nitrogen and oxygen atoms in total. The zero-order valence-electron chi connectivity index (χ0n) is 12.4. The Balaban J connectivity index is 1.90. The third kappa shape index (κ3) is 3.58. The van der Waals surface area contributed by atoms with E-state index in [2.05, 4.69) is 23.6 Å². The lowest BCUT2D eigenvalue weighted by molar-refractivity contribution is 0.0697. The Morgan fingerprint density at radius 3 is 2.50 bits per heavy atom. The number of carbonyl (C=O) groups is 1. The molecule has 1 N–H and O–H groups in total. The van der Waals surface area contributed by atoms with Crippen LogP contribution in [0.3, 0.4) is 0 Å². The monoisotopic (exact) mass is 276 g/mol. The lowest BCUT2D eigenvalue weighted by atomic mass is 10.1. The molecule has 1 aromatic rings. The van der Waals surface area contributed by atoms with Gasteiger partial charge in [-0.2, -0.15) is 0 Å². The smallest absolute Gasteiger partial charge is 0.335 e. The van der Waals surface area contributed by atoms with Crippen LogP contribution < -0.4 is 0 Å². The minimum absolute atomic E-state index is 0.358. The molecule has 1 atom stereocenters. The second-order valence-corrected chi connectivity index (χ2v) is 5.40. The number of hydrogen-bond donors (Lipinski definition) is 1. The molecule has 1 aliphatic heterocycles. The number of likely N-dealkylation sites (tertiary alicyclic amines) is 1. The van der Waals surface area contributed by atoms with Crippen LogP contribution in [0.2, 0.25) is 0 Å². The van der Waals surface area contributed by atoms with Gasteiger partial charge in [0.1, 0.15) is 0 Å². The van der Waals surface area contributed by atoms with Gasteiger partial charge in [-0.15, -0.1) is 0 Å². The van der Waals surface area contributed by atoms with Gasteiger partial charge in [0.25, 0.3) is 0 Å². The zero-order valence-corrected chi connectivity index (χ0v) is 12.4. The summed E-state index contributed by atoms with van der Waals surface area (Å²) < 4.78 is 0. The molecule has 0 amide bonds. The number of benzene rings is 1. The Morgan fingerprint density at radius 2 is 1.95 bits per heavy atom. The Labute approximate surface area is 121 Å². The molecular formula is C16H24N2O2. The SMILES string of the molecule is CCN(CC)[C@H]1CCN(Cc2ccc(C(=O)O)cc2)C1. The van der Waals surface area contributed by atoms with E-state index in [1.165, 1.54) is 12.0 Å². The van der Waals surface area contributed by atoms with Gasteiger partial charge >= 0.3 is 5.97 Å². The van der Waals surface area contributed by atoms with Gasteiger partial charge in [-0.3, -0.25) is 9.80 Å². The summed E-state index contributed by atoms with van der Waals surface area (Å²) in [4.78, 5) is 15.8. The molecule has 1 aromatic carbocycles. The number of carboxylic acids is 1. The fourth-order valence-electron chi connectivity index (χ4n) is 3.00. The minimum atomic E-state index is -0.862. The molecule has 0 saturated carbocycles. The molecule has 2 rings (SSSR count). The fourth-order valence-corrected chi connectivity index (χ4v) is 3.00. The highest BCUT2D eigenvalue weighted by molar-refractivity contribution is 5.87. The van der Waals surface area contributed by atoms with E-state index in [4.69, 9.17) is 5.11 Å². The van der Waals surface area contributed by atoms with Crippen molar-refractivity contribution < 1.29 is 9.90 Å². The van der Waals surface area contributed by atoms with Crippen LogP contribution in [-0.4, -0.2) is 53.1 Å². The minimum Gasteiger partial charge on any atom is -0.478 e. The van der Waals surface area contributed by atoms with E-state index in [1.807, 2.05) is 12.1 Å². The van der Waals surface area contributed by atoms with Gasteiger partial charge in [0.15, 0.2) is 0 Å². The number of hydrogen-bond acceptors (Lipinski definition) is 3. The van der Waals surface area contributed by atoms with Gasteiger partial charge in [-0.25, -0.2) is 4.79 Å². The van der Waals surface area contributed by atoms with Crippen molar-refractivity contribution in [3.05, 3.63) is 35.4 Å². The summed E-state index contributed by atoms with van der Waals surface area (Å²) in [5.74, 6) is -0.862. The van der Waals surface area contributed by atoms with E-state index in [0.717, 1.165) is 32.7 Å². The molecule has 1 saturated heterocycles. The number of rotatable bonds is 6. The average Bonchev–Trinajstić information content (AvgIpc) is 2.89. The van der Waals surface area contributed by atoms with Crippen LogP contribution in [0.4, 0.5) is 0 Å². The van der Waals surface area contributed by atoms with Crippen molar-refractivity contribution in [2.75, 3.05) is 26.2 Å². The number of carboxylic acid groups (broad SMARTS) is 1. The van der Waals surface area contributed by atoms with E-state index in [-0.39, 0.29) is 0 Å². The largest absolute Gasteiger partial charge is 0.478 e. The third-order valence-corrected chi connectivity index (χ3v) is 4.18. The second-order valence-electron chi connectivity index (χ2n) is 5.40. The lowest BCUT2D eigenvalue weighted by Crippen LogP contribution is -2.37. The molecule has 0 radical (unpaired) electrons. The summed E-state index contributed by atoms with van der Waals surface area (Å²) in [7, 11) is 0. The first kappa shape index (κ1) is 15.0. The van der Waals surface area contributed by atoms with E-state index in [9.17, 15) is 4.79 Å². The van der Waals surface area contributed by atoms with Crippen molar-refractivity contribution in [3.8, 4) is 0 Å². The summed E-state index contributed by atoms with van der Waals surface area (Å²) in [6, 6.07) is 7.90. The predicted octanol–water partition coefficient (Wildman–Crippen LogP) is 2.30. The van der Waals surface area contributed by atoms with Crippen molar-refractivity contribution >= 4 is 5.97 Å². The van der Waals surface area contributed by atoms with Crippen LogP contribution >= 0.6 is 0 Å². The van der Waals surface area contributed by atoms with Crippen molar-refractivity contribution in [2.24, 2.45) is 0 Å². The maximum absolute atomic E-state index is 10.8. The van der Waals surface area contributed by atoms with Gasteiger partial charge in [0.2, 0.25) is 0 Å². The van der Waals surface area contributed by atoms with Gasteiger partial charge in [-0.1, -0.05) is 26.0 Å². The quantitative estimate of drug-likeness (QED) is 0.866. The molecule has 4 heteroatoms. The number of nitrogens with zero attached hydrogens (tertiary/aromatic N) is 2. The third-order valence-electron chi connectivity index (χ3n) is 4.18. The molecule has 110 valence electrons. The van der Waals surface area contributed by atoms with Crippen LogP contribution in [0.5, 0.6) is 0 Å². The first-order valence-electron chi connectivity index (χ1n) is 7.42. The van der Waals surface area contributed by atoms with Crippen molar-refractivity contribution in [2.45, 2.75) is 32.9 Å².